The van der Waals surface area contributed by atoms with Crippen molar-refractivity contribution in [1.82, 2.24) is 0 Å². The molecule has 0 radical (unpaired) electrons. The van der Waals surface area contributed by atoms with Gasteiger partial charge in [-0.2, -0.15) is 0 Å². The molecule has 0 bridgehead atoms. The van der Waals surface area contributed by atoms with Crippen LogP contribution in [-0.4, -0.2) is 26.4 Å². The highest BCUT2D eigenvalue weighted by Crippen LogP contribution is 1.98. The van der Waals surface area contributed by atoms with Gasteiger partial charge in [-0.15, -0.1) is 0 Å². The average Bonchev–Trinajstić information content (AvgIpc) is 3.19. The molecule has 1 heterocycles. The molecule has 0 aromatic heterocycles. The van der Waals surface area contributed by atoms with Crippen LogP contribution in [0, 0.1) is 6.92 Å². The van der Waals surface area contributed by atoms with Crippen LogP contribution in [0.5, 0.6) is 0 Å². The van der Waals surface area contributed by atoms with Crippen LogP contribution in [0.2, 0.25) is 0 Å². The second-order valence-electron chi connectivity index (χ2n) is 4.91. The van der Waals surface area contributed by atoms with Crippen molar-refractivity contribution in [2.24, 2.45) is 0 Å². The molecule has 0 N–H and O–H groups in total. The first-order valence-corrected chi connectivity index (χ1v) is 8.48. The maximum atomic E-state index is 4.94. The minimum atomic E-state index is 0.844. The molecule has 0 aliphatic carbocycles. The van der Waals surface area contributed by atoms with Crippen molar-refractivity contribution in [3.05, 3.63) is 72.3 Å². The Hall–Kier alpha value is -1.64. The summed E-state index contributed by atoms with van der Waals surface area (Å²) in [4.78, 5) is 0. The maximum absolute atomic E-state index is 4.94. The van der Waals surface area contributed by atoms with Crippen molar-refractivity contribution < 1.29 is 9.47 Å². The summed E-state index contributed by atoms with van der Waals surface area (Å²) in [6.45, 7) is 9.75. The Kier molecular flexibility index (Phi) is 17.1. The van der Waals surface area contributed by atoms with Gasteiger partial charge in [0.1, 0.15) is 0 Å². The Labute approximate surface area is 142 Å². The number of benzene rings is 2. The molecule has 0 atom stereocenters. The van der Waals surface area contributed by atoms with E-state index in [1.807, 2.05) is 68.4 Å². The fourth-order valence-corrected chi connectivity index (χ4v) is 1.63. The number of ether oxygens (including phenoxy) is 2. The van der Waals surface area contributed by atoms with Gasteiger partial charge in [0.25, 0.3) is 0 Å². The van der Waals surface area contributed by atoms with E-state index in [9.17, 15) is 0 Å². The predicted octanol–water partition coefficient (Wildman–Crippen LogP) is 5.52. The molecule has 0 unspecified atom stereocenters. The fourth-order valence-electron chi connectivity index (χ4n) is 1.63. The Morgan fingerprint density at radius 1 is 0.739 bits per heavy atom. The van der Waals surface area contributed by atoms with Crippen molar-refractivity contribution in [3.8, 4) is 0 Å². The summed E-state index contributed by atoms with van der Waals surface area (Å²) < 4.78 is 9.78. The van der Waals surface area contributed by atoms with Gasteiger partial charge in [0.2, 0.25) is 0 Å². The fraction of sp³-hybridized carbons (Fsp3) is 0.429. The topological polar surface area (TPSA) is 18.5 Å². The van der Waals surface area contributed by atoms with Crippen LogP contribution in [0.3, 0.4) is 0 Å². The monoisotopic (exact) mass is 316 g/mol. The lowest BCUT2D eigenvalue weighted by molar-refractivity contribution is 0.162. The maximum Gasteiger partial charge on any atom is 0.0466 e. The van der Waals surface area contributed by atoms with Crippen LogP contribution in [0.4, 0.5) is 0 Å². The Bertz CT molecular complexity index is 374. The van der Waals surface area contributed by atoms with Crippen molar-refractivity contribution in [3.63, 3.8) is 0 Å². The molecule has 0 amide bonds. The van der Waals surface area contributed by atoms with Gasteiger partial charge in [-0.3, -0.25) is 0 Å². The molecule has 23 heavy (non-hydrogen) atoms. The Morgan fingerprint density at radius 2 is 1.13 bits per heavy atom. The van der Waals surface area contributed by atoms with Gasteiger partial charge in [-0.1, -0.05) is 72.3 Å². The number of aryl methyl sites for hydroxylation is 1. The summed E-state index contributed by atoms with van der Waals surface area (Å²) in [5.41, 5.74) is 1.32. The highest BCUT2D eigenvalue weighted by atomic mass is 16.5. The van der Waals surface area contributed by atoms with Crippen LogP contribution < -0.4 is 0 Å². The molecule has 1 saturated heterocycles. The highest BCUT2D eigenvalue weighted by molar-refractivity contribution is 5.11. The van der Waals surface area contributed by atoms with Crippen LogP contribution in [0.15, 0.2) is 66.7 Å². The van der Waals surface area contributed by atoms with Crippen LogP contribution >= 0.6 is 0 Å². The minimum Gasteiger partial charge on any atom is -0.382 e. The summed E-state index contributed by atoms with van der Waals surface area (Å²) in [6.07, 6.45) is 2.56. The lowest BCUT2D eigenvalue weighted by Gasteiger charge is -1.86. The van der Waals surface area contributed by atoms with E-state index in [0.29, 0.717) is 0 Å². The van der Waals surface area contributed by atoms with Gasteiger partial charge in [-0.25, -0.2) is 0 Å². The van der Waals surface area contributed by atoms with Crippen LogP contribution in [0.1, 0.15) is 32.3 Å². The molecule has 2 aromatic carbocycles. The minimum absolute atomic E-state index is 0.844. The standard InChI is InChI=1S/C7H8.C6H6.C4H8O.C4H10O/c1-7-5-3-2-4-6-7;1-2-4-6-5-3-1;1-2-4-5-3-1;1-3-5-4-2/h2-6H,1H3;1-6H;1-4H2;3-4H2,1-2H3. The van der Waals surface area contributed by atoms with E-state index in [2.05, 4.69) is 19.1 Å². The second kappa shape index (κ2) is 18.4. The zero-order valence-corrected chi connectivity index (χ0v) is 14.9. The zero-order chi connectivity index (χ0) is 17.0. The van der Waals surface area contributed by atoms with Crippen LogP contribution in [0.25, 0.3) is 0 Å². The van der Waals surface area contributed by atoms with Crippen molar-refractivity contribution in [2.45, 2.75) is 33.6 Å². The number of rotatable bonds is 2. The third kappa shape index (κ3) is 18.3. The molecule has 3 rings (SSSR count). The largest absolute Gasteiger partial charge is 0.382 e. The SMILES string of the molecule is C1CCOC1.CCOCC.Cc1ccccc1.c1ccccc1. The third-order valence-electron chi connectivity index (χ3n) is 2.84. The summed E-state index contributed by atoms with van der Waals surface area (Å²) in [5.74, 6) is 0. The van der Waals surface area contributed by atoms with Gasteiger partial charge in [-0.05, 0) is 33.6 Å². The van der Waals surface area contributed by atoms with E-state index in [1.54, 1.807) is 0 Å². The van der Waals surface area contributed by atoms with Crippen molar-refractivity contribution in [2.75, 3.05) is 26.4 Å². The van der Waals surface area contributed by atoms with E-state index in [0.717, 1.165) is 26.4 Å². The lowest BCUT2D eigenvalue weighted by atomic mass is 10.2. The normalized spacial score (nSPS) is 11.8. The second-order valence-corrected chi connectivity index (χ2v) is 4.91. The molecule has 128 valence electrons. The van der Waals surface area contributed by atoms with Gasteiger partial charge >= 0.3 is 0 Å². The Morgan fingerprint density at radius 3 is 1.30 bits per heavy atom. The molecule has 1 aliphatic rings. The highest BCUT2D eigenvalue weighted by Gasteiger charge is 1.94. The van der Waals surface area contributed by atoms with Gasteiger partial charge in [0.05, 0.1) is 0 Å². The van der Waals surface area contributed by atoms with Gasteiger partial charge in [0, 0.05) is 26.4 Å². The summed E-state index contributed by atoms with van der Waals surface area (Å²) in [6, 6.07) is 22.3. The molecule has 0 spiro atoms. The number of hydrogen-bond donors (Lipinski definition) is 0. The molecule has 0 saturated carbocycles. The van der Waals surface area contributed by atoms with E-state index < -0.39 is 0 Å². The number of hydrogen-bond acceptors (Lipinski definition) is 2. The quantitative estimate of drug-likeness (QED) is 0.726. The Balaban J connectivity index is 0.000000284. The molecular formula is C21H32O2. The lowest BCUT2D eigenvalue weighted by Crippen LogP contribution is -1.84. The first-order chi connectivity index (χ1) is 11.3. The molecule has 2 heteroatoms. The third-order valence-corrected chi connectivity index (χ3v) is 2.84. The molecule has 1 aliphatic heterocycles. The summed E-state index contributed by atoms with van der Waals surface area (Å²) in [5, 5.41) is 0. The molecule has 1 fully saturated rings. The van der Waals surface area contributed by atoms with Crippen LogP contribution in [-0.2, 0) is 9.47 Å². The van der Waals surface area contributed by atoms with Crippen molar-refractivity contribution >= 4 is 0 Å². The summed E-state index contributed by atoms with van der Waals surface area (Å²) >= 11 is 0. The molecular weight excluding hydrogens is 284 g/mol. The molecule has 2 aromatic rings. The van der Waals surface area contributed by atoms with E-state index in [-0.39, 0.29) is 0 Å². The first-order valence-electron chi connectivity index (χ1n) is 8.48. The first kappa shape index (κ1) is 21.4. The van der Waals surface area contributed by atoms with E-state index in [4.69, 9.17) is 9.47 Å². The predicted molar refractivity (Wildman–Crippen MR) is 99.8 cm³/mol. The smallest absolute Gasteiger partial charge is 0.0466 e. The van der Waals surface area contributed by atoms with E-state index >= 15 is 0 Å². The van der Waals surface area contributed by atoms with Gasteiger partial charge < -0.3 is 9.47 Å². The molecule has 2 nitrogen and oxygen atoms in total. The average molecular weight is 316 g/mol. The summed E-state index contributed by atoms with van der Waals surface area (Å²) in [7, 11) is 0. The van der Waals surface area contributed by atoms with Gasteiger partial charge in [0.15, 0.2) is 0 Å². The van der Waals surface area contributed by atoms with Crippen molar-refractivity contribution in [1.29, 1.82) is 0 Å². The van der Waals surface area contributed by atoms with E-state index in [1.165, 1.54) is 18.4 Å². The zero-order valence-electron chi connectivity index (χ0n) is 14.9.